The molecular weight excluding hydrogens is 322 g/mol. The molecule has 0 saturated carbocycles. The molecule has 0 fully saturated rings. The van der Waals surface area contributed by atoms with E-state index in [0.717, 1.165) is 23.9 Å². The summed E-state index contributed by atoms with van der Waals surface area (Å²) >= 11 is 5.15. The minimum absolute atomic E-state index is 0.0862. The highest BCUT2D eigenvalue weighted by Gasteiger charge is 2.03. The third-order valence-electron chi connectivity index (χ3n) is 2.80. The quantitative estimate of drug-likeness (QED) is 0.766. The van der Waals surface area contributed by atoms with Crippen LogP contribution in [0.15, 0.2) is 41.8 Å². The van der Waals surface area contributed by atoms with Crippen LogP contribution in [-0.2, 0) is 16.5 Å². The van der Waals surface area contributed by atoms with Crippen molar-refractivity contribution >= 4 is 38.9 Å². The summed E-state index contributed by atoms with van der Waals surface area (Å²) in [7, 11) is 0. The Morgan fingerprint density at radius 3 is 2.63 bits per heavy atom. The van der Waals surface area contributed by atoms with E-state index in [9.17, 15) is 4.79 Å². The van der Waals surface area contributed by atoms with Crippen LogP contribution >= 0.6 is 27.3 Å². The number of amides is 1. The van der Waals surface area contributed by atoms with E-state index >= 15 is 0 Å². The van der Waals surface area contributed by atoms with Crippen molar-refractivity contribution in [1.29, 1.82) is 0 Å². The van der Waals surface area contributed by atoms with Crippen molar-refractivity contribution in [3.8, 4) is 0 Å². The fourth-order valence-corrected chi connectivity index (χ4v) is 2.90. The molecule has 1 N–H and O–H groups in total. The SMILES string of the molecule is O=C(CCCc1cccs1)Nc1ccc(CBr)cc1. The van der Waals surface area contributed by atoms with Crippen LogP contribution in [0.1, 0.15) is 23.3 Å². The number of hydrogen-bond acceptors (Lipinski definition) is 2. The van der Waals surface area contributed by atoms with E-state index in [2.05, 4.69) is 32.7 Å². The van der Waals surface area contributed by atoms with Gasteiger partial charge in [0.2, 0.25) is 5.91 Å². The average molecular weight is 338 g/mol. The number of aryl methyl sites for hydroxylation is 1. The predicted molar refractivity (Wildman–Crippen MR) is 85.0 cm³/mol. The Morgan fingerprint density at radius 2 is 2.00 bits per heavy atom. The fourth-order valence-electron chi connectivity index (χ4n) is 1.78. The van der Waals surface area contributed by atoms with Crippen molar-refractivity contribution in [2.75, 3.05) is 5.32 Å². The Balaban J connectivity index is 1.74. The standard InChI is InChI=1S/C15H16BrNOS/c16-11-12-6-8-13(9-7-12)17-15(18)5-1-3-14-4-2-10-19-14/h2,4,6-10H,1,3,5,11H2,(H,17,18). The number of alkyl halides is 1. The number of benzene rings is 1. The summed E-state index contributed by atoms with van der Waals surface area (Å²) in [6.45, 7) is 0. The Kier molecular flexibility index (Phi) is 5.61. The lowest BCUT2D eigenvalue weighted by atomic mass is 10.2. The van der Waals surface area contributed by atoms with Crippen LogP contribution < -0.4 is 5.32 Å². The van der Waals surface area contributed by atoms with Crippen molar-refractivity contribution in [3.05, 3.63) is 52.2 Å². The Labute approximate surface area is 126 Å². The maximum Gasteiger partial charge on any atom is 0.224 e. The van der Waals surface area contributed by atoms with Gasteiger partial charge in [0.1, 0.15) is 0 Å². The average Bonchev–Trinajstić information content (AvgIpc) is 2.93. The molecule has 2 aromatic rings. The van der Waals surface area contributed by atoms with Crippen molar-refractivity contribution in [1.82, 2.24) is 0 Å². The first-order valence-corrected chi connectivity index (χ1v) is 8.25. The Hall–Kier alpha value is -1.13. The molecule has 0 saturated heterocycles. The summed E-state index contributed by atoms with van der Waals surface area (Å²) in [4.78, 5) is 13.1. The number of rotatable bonds is 6. The largest absolute Gasteiger partial charge is 0.326 e. The lowest BCUT2D eigenvalue weighted by Gasteiger charge is -2.05. The zero-order valence-corrected chi connectivity index (χ0v) is 13.0. The number of carbonyl (C=O) groups excluding carboxylic acids is 1. The Bertz CT molecular complexity index is 507. The molecule has 0 unspecified atom stereocenters. The van der Waals surface area contributed by atoms with E-state index < -0.39 is 0 Å². The molecule has 1 aromatic carbocycles. The van der Waals surface area contributed by atoms with Gasteiger partial charge in [-0.15, -0.1) is 11.3 Å². The summed E-state index contributed by atoms with van der Waals surface area (Å²) in [5.41, 5.74) is 2.07. The smallest absolute Gasteiger partial charge is 0.224 e. The molecule has 0 spiro atoms. The fraction of sp³-hybridized carbons (Fsp3) is 0.267. The topological polar surface area (TPSA) is 29.1 Å². The van der Waals surface area contributed by atoms with Gasteiger partial charge in [-0.1, -0.05) is 34.1 Å². The number of halogens is 1. The highest BCUT2D eigenvalue weighted by Crippen LogP contribution is 2.14. The molecule has 2 nitrogen and oxygen atoms in total. The van der Waals surface area contributed by atoms with E-state index in [1.54, 1.807) is 11.3 Å². The summed E-state index contributed by atoms with van der Waals surface area (Å²) in [6, 6.07) is 12.1. The molecule has 0 aliphatic carbocycles. The van der Waals surface area contributed by atoms with Crippen LogP contribution in [0.5, 0.6) is 0 Å². The molecule has 19 heavy (non-hydrogen) atoms. The molecule has 1 amide bonds. The van der Waals surface area contributed by atoms with Crippen LogP contribution in [0.2, 0.25) is 0 Å². The molecule has 0 bridgehead atoms. The molecular formula is C15H16BrNOS. The zero-order valence-electron chi connectivity index (χ0n) is 10.6. The van der Waals surface area contributed by atoms with Gasteiger partial charge in [-0.2, -0.15) is 0 Å². The van der Waals surface area contributed by atoms with E-state index in [1.807, 2.05) is 30.3 Å². The van der Waals surface area contributed by atoms with Gasteiger partial charge in [0.15, 0.2) is 0 Å². The molecule has 2 rings (SSSR count). The number of anilines is 1. The Morgan fingerprint density at radius 1 is 1.21 bits per heavy atom. The number of thiophene rings is 1. The molecule has 100 valence electrons. The van der Waals surface area contributed by atoms with Crippen molar-refractivity contribution in [2.45, 2.75) is 24.6 Å². The second-order valence-corrected chi connectivity index (χ2v) is 5.90. The van der Waals surface area contributed by atoms with Crippen LogP contribution in [0.25, 0.3) is 0 Å². The summed E-state index contributed by atoms with van der Waals surface area (Å²) in [5.74, 6) is 0.0862. The maximum atomic E-state index is 11.8. The highest BCUT2D eigenvalue weighted by atomic mass is 79.9. The van der Waals surface area contributed by atoms with Gasteiger partial charge < -0.3 is 5.32 Å². The van der Waals surface area contributed by atoms with Crippen LogP contribution in [0.3, 0.4) is 0 Å². The first-order valence-electron chi connectivity index (χ1n) is 6.25. The van der Waals surface area contributed by atoms with E-state index in [0.29, 0.717) is 6.42 Å². The number of hydrogen-bond donors (Lipinski definition) is 1. The second kappa shape index (κ2) is 7.46. The van der Waals surface area contributed by atoms with Gasteiger partial charge in [0, 0.05) is 22.3 Å². The van der Waals surface area contributed by atoms with Gasteiger partial charge in [-0.3, -0.25) is 4.79 Å². The minimum Gasteiger partial charge on any atom is -0.326 e. The maximum absolute atomic E-state index is 11.8. The molecule has 0 radical (unpaired) electrons. The van der Waals surface area contributed by atoms with Crippen molar-refractivity contribution in [3.63, 3.8) is 0 Å². The third-order valence-corrected chi connectivity index (χ3v) is 4.38. The monoisotopic (exact) mass is 337 g/mol. The molecule has 4 heteroatoms. The summed E-state index contributed by atoms with van der Waals surface area (Å²) in [5, 5.41) is 5.83. The number of nitrogens with one attached hydrogen (secondary N) is 1. The molecule has 0 aliphatic rings. The lowest BCUT2D eigenvalue weighted by Crippen LogP contribution is -2.11. The molecule has 1 aromatic heterocycles. The third kappa shape index (κ3) is 4.80. The van der Waals surface area contributed by atoms with Crippen LogP contribution in [0.4, 0.5) is 5.69 Å². The van der Waals surface area contributed by atoms with E-state index in [1.165, 1.54) is 10.4 Å². The molecule has 0 aliphatic heterocycles. The van der Waals surface area contributed by atoms with E-state index in [4.69, 9.17) is 0 Å². The number of carbonyl (C=O) groups is 1. The van der Waals surface area contributed by atoms with Crippen LogP contribution in [-0.4, -0.2) is 5.91 Å². The first kappa shape index (κ1) is 14.3. The predicted octanol–water partition coefficient (Wildman–Crippen LogP) is 4.60. The lowest BCUT2D eigenvalue weighted by molar-refractivity contribution is -0.116. The molecule has 1 heterocycles. The van der Waals surface area contributed by atoms with Gasteiger partial charge in [-0.25, -0.2) is 0 Å². The van der Waals surface area contributed by atoms with E-state index in [-0.39, 0.29) is 5.91 Å². The van der Waals surface area contributed by atoms with Crippen LogP contribution in [0, 0.1) is 0 Å². The summed E-state index contributed by atoms with van der Waals surface area (Å²) < 4.78 is 0. The summed E-state index contributed by atoms with van der Waals surface area (Å²) in [6.07, 6.45) is 2.44. The first-order chi connectivity index (χ1) is 9.28. The zero-order chi connectivity index (χ0) is 13.5. The highest BCUT2D eigenvalue weighted by molar-refractivity contribution is 9.08. The normalized spacial score (nSPS) is 10.4. The van der Waals surface area contributed by atoms with Gasteiger partial charge in [-0.05, 0) is 42.0 Å². The minimum atomic E-state index is 0.0862. The molecule has 0 atom stereocenters. The van der Waals surface area contributed by atoms with Crippen molar-refractivity contribution in [2.24, 2.45) is 0 Å². The van der Waals surface area contributed by atoms with Gasteiger partial charge >= 0.3 is 0 Å². The van der Waals surface area contributed by atoms with Crippen molar-refractivity contribution < 1.29 is 4.79 Å². The van der Waals surface area contributed by atoms with Gasteiger partial charge in [0.05, 0.1) is 0 Å². The second-order valence-electron chi connectivity index (χ2n) is 4.31. The van der Waals surface area contributed by atoms with Gasteiger partial charge in [0.25, 0.3) is 0 Å².